The molecule has 1 aliphatic rings. The van der Waals surface area contributed by atoms with Crippen LogP contribution in [0.15, 0.2) is 180 Å². The zero-order valence-corrected chi connectivity index (χ0v) is 29.5. The van der Waals surface area contributed by atoms with Gasteiger partial charge >= 0.3 is 0 Å². The van der Waals surface area contributed by atoms with Crippen LogP contribution in [0.3, 0.4) is 0 Å². The van der Waals surface area contributed by atoms with Crippen LogP contribution in [0.5, 0.6) is 0 Å². The molecule has 0 bridgehead atoms. The van der Waals surface area contributed by atoms with Gasteiger partial charge in [-0.2, -0.15) is 0 Å². The Kier molecular flexibility index (Phi) is 7.02. The fourth-order valence-electron chi connectivity index (χ4n) is 8.93. The lowest BCUT2D eigenvalue weighted by molar-refractivity contribution is 0.353. The highest BCUT2D eigenvalue weighted by Crippen LogP contribution is 2.60. The summed E-state index contributed by atoms with van der Waals surface area (Å²) in [6.07, 6.45) is 0. The summed E-state index contributed by atoms with van der Waals surface area (Å²) in [6, 6.07) is 62.1. The molecule has 1 aliphatic carbocycles. The first-order valence-electron chi connectivity index (χ1n) is 18.1. The maximum atomic E-state index is 6.28. The summed E-state index contributed by atoms with van der Waals surface area (Å²) in [6.45, 7) is 4.79. The molecule has 2 heterocycles. The van der Waals surface area contributed by atoms with E-state index in [1.54, 1.807) is 0 Å². The van der Waals surface area contributed by atoms with Gasteiger partial charge in [0.15, 0.2) is 17.5 Å². The molecule has 4 nitrogen and oxygen atoms in total. The number of furan rings is 1. The first-order chi connectivity index (χ1) is 26.0. The predicted octanol–water partition coefficient (Wildman–Crippen LogP) is 12.1. The van der Waals surface area contributed by atoms with E-state index in [1.807, 2.05) is 48.5 Å². The highest BCUT2D eigenvalue weighted by molar-refractivity contribution is 6.11. The largest absolute Gasteiger partial charge is 0.456 e. The van der Waals surface area contributed by atoms with Crippen molar-refractivity contribution in [2.24, 2.45) is 0 Å². The summed E-state index contributed by atoms with van der Waals surface area (Å²) in [7, 11) is 0. The Morgan fingerprint density at radius 2 is 0.943 bits per heavy atom. The van der Waals surface area contributed by atoms with E-state index in [1.165, 1.54) is 33.4 Å². The molecule has 0 saturated carbocycles. The third-order valence-corrected chi connectivity index (χ3v) is 11.2. The Bertz CT molecular complexity index is 2820. The van der Waals surface area contributed by atoms with Gasteiger partial charge in [0.05, 0.1) is 5.41 Å². The maximum absolute atomic E-state index is 6.28. The van der Waals surface area contributed by atoms with Gasteiger partial charge in [0.25, 0.3) is 0 Å². The summed E-state index contributed by atoms with van der Waals surface area (Å²) >= 11 is 0. The lowest BCUT2D eigenvalue weighted by Crippen LogP contribution is -2.49. The fraction of sp³-hybridized carbons (Fsp3) is 0.0816. The molecule has 2 aromatic heterocycles. The second kappa shape index (κ2) is 12.0. The molecule has 10 rings (SSSR count). The summed E-state index contributed by atoms with van der Waals surface area (Å²) < 4.78 is 6.28. The van der Waals surface area contributed by atoms with Crippen LogP contribution < -0.4 is 0 Å². The van der Waals surface area contributed by atoms with Gasteiger partial charge in [-0.05, 0) is 51.6 Å². The minimum absolute atomic E-state index is 0.338. The molecule has 4 heteroatoms. The number of aromatic nitrogens is 3. The fourth-order valence-corrected chi connectivity index (χ4v) is 8.93. The van der Waals surface area contributed by atoms with Gasteiger partial charge in [-0.3, -0.25) is 0 Å². The van der Waals surface area contributed by atoms with Crippen LogP contribution in [0.4, 0.5) is 0 Å². The van der Waals surface area contributed by atoms with Crippen molar-refractivity contribution < 1.29 is 4.42 Å². The maximum Gasteiger partial charge on any atom is 0.164 e. The second-order valence-electron chi connectivity index (χ2n) is 14.4. The van der Waals surface area contributed by atoms with Crippen molar-refractivity contribution >= 4 is 21.9 Å². The van der Waals surface area contributed by atoms with E-state index in [0.29, 0.717) is 17.5 Å². The van der Waals surface area contributed by atoms with Crippen molar-refractivity contribution in [3.05, 3.63) is 198 Å². The molecule has 53 heavy (non-hydrogen) atoms. The van der Waals surface area contributed by atoms with Crippen molar-refractivity contribution in [1.82, 2.24) is 15.0 Å². The summed E-state index contributed by atoms with van der Waals surface area (Å²) in [5.74, 6) is 1.84. The predicted molar refractivity (Wildman–Crippen MR) is 215 cm³/mol. The first kappa shape index (κ1) is 31.1. The number of nitrogens with zero attached hydrogens (tertiary/aromatic N) is 3. The van der Waals surface area contributed by atoms with Crippen LogP contribution in [-0.2, 0) is 10.8 Å². The van der Waals surface area contributed by atoms with Crippen molar-refractivity contribution in [2.45, 2.75) is 24.7 Å². The highest BCUT2D eigenvalue weighted by atomic mass is 16.3. The number of rotatable bonds is 5. The Balaban J connectivity index is 1.24. The molecule has 7 aromatic carbocycles. The van der Waals surface area contributed by atoms with Gasteiger partial charge in [0.2, 0.25) is 0 Å². The lowest BCUT2D eigenvalue weighted by Gasteiger charge is -2.53. The first-order valence-corrected chi connectivity index (χ1v) is 18.1. The van der Waals surface area contributed by atoms with E-state index in [4.69, 9.17) is 19.4 Å². The molecule has 0 aliphatic heterocycles. The van der Waals surface area contributed by atoms with E-state index < -0.39 is 5.41 Å². The van der Waals surface area contributed by atoms with Crippen molar-refractivity contribution in [3.8, 4) is 45.3 Å². The van der Waals surface area contributed by atoms with Gasteiger partial charge in [0.1, 0.15) is 11.2 Å². The number of fused-ring (bicyclic) bond motifs is 6. The minimum Gasteiger partial charge on any atom is -0.456 e. The van der Waals surface area contributed by atoms with E-state index in [9.17, 15) is 0 Å². The van der Waals surface area contributed by atoms with Crippen LogP contribution in [0.25, 0.3) is 67.2 Å². The number of hydrogen-bond donors (Lipinski definition) is 0. The molecule has 0 N–H and O–H groups in total. The SMILES string of the molecule is CC1(C)c2ccccc2-c2ccccc2C1(c1ccccc1)c1cccc(-c2nc(-c3ccccc3)nc(-c3cccc4oc5ccccc5c34)n2)c1. The van der Waals surface area contributed by atoms with E-state index in [2.05, 4.69) is 141 Å². The van der Waals surface area contributed by atoms with Crippen LogP contribution >= 0.6 is 0 Å². The zero-order chi connectivity index (χ0) is 35.6. The van der Waals surface area contributed by atoms with Crippen LogP contribution in [0.1, 0.15) is 36.1 Å². The van der Waals surface area contributed by atoms with Gasteiger partial charge in [-0.15, -0.1) is 0 Å². The summed E-state index contributed by atoms with van der Waals surface area (Å²) in [4.78, 5) is 15.6. The molecule has 252 valence electrons. The Labute approximate surface area is 308 Å². The smallest absolute Gasteiger partial charge is 0.164 e. The Hall–Kier alpha value is -6.65. The average Bonchev–Trinajstić information content (AvgIpc) is 3.61. The molecule has 0 amide bonds. The van der Waals surface area contributed by atoms with Crippen LogP contribution in [0.2, 0.25) is 0 Å². The summed E-state index contributed by atoms with van der Waals surface area (Å²) in [5.41, 5.74) is 11.1. The molecule has 0 fully saturated rings. The van der Waals surface area contributed by atoms with Crippen molar-refractivity contribution in [1.29, 1.82) is 0 Å². The van der Waals surface area contributed by atoms with Crippen LogP contribution in [-0.4, -0.2) is 15.0 Å². The number of para-hydroxylation sites is 1. The van der Waals surface area contributed by atoms with Crippen molar-refractivity contribution in [3.63, 3.8) is 0 Å². The standard InChI is InChI=1S/C49H35N3O/c1-48(2)40-27-12-9-23-36(40)37-24-10-13-28-41(37)49(48,34-20-7-4-8-21-34)35-22-15-19-33(31-35)46-50-45(32-17-5-3-6-18-32)51-47(52-46)39-26-16-30-43-44(39)38-25-11-14-29-42(38)53-43/h3-31H,1-2H3. The third kappa shape index (κ3) is 4.65. The molecule has 1 atom stereocenters. The molecular formula is C49H35N3O. The lowest BCUT2D eigenvalue weighted by atomic mass is 9.49. The summed E-state index contributed by atoms with van der Waals surface area (Å²) in [5, 5.41) is 2.03. The average molecular weight is 682 g/mol. The topological polar surface area (TPSA) is 51.8 Å². The quantitative estimate of drug-likeness (QED) is 0.181. The molecule has 0 spiro atoms. The Morgan fingerprint density at radius 3 is 1.74 bits per heavy atom. The van der Waals surface area contributed by atoms with Gasteiger partial charge in [0, 0.05) is 32.9 Å². The number of hydrogen-bond acceptors (Lipinski definition) is 4. The van der Waals surface area contributed by atoms with E-state index >= 15 is 0 Å². The van der Waals surface area contributed by atoms with E-state index in [0.717, 1.165) is 38.6 Å². The van der Waals surface area contributed by atoms with Gasteiger partial charge < -0.3 is 4.42 Å². The van der Waals surface area contributed by atoms with Crippen molar-refractivity contribution in [2.75, 3.05) is 0 Å². The van der Waals surface area contributed by atoms with Crippen LogP contribution in [0, 0.1) is 0 Å². The second-order valence-corrected chi connectivity index (χ2v) is 14.4. The van der Waals surface area contributed by atoms with E-state index in [-0.39, 0.29) is 5.41 Å². The van der Waals surface area contributed by atoms with Gasteiger partial charge in [-0.25, -0.2) is 15.0 Å². The molecule has 0 saturated heterocycles. The molecule has 0 radical (unpaired) electrons. The molecular weight excluding hydrogens is 647 g/mol. The third-order valence-electron chi connectivity index (χ3n) is 11.2. The highest BCUT2D eigenvalue weighted by Gasteiger charge is 2.54. The number of benzene rings is 7. The Morgan fingerprint density at radius 1 is 0.415 bits per heavy atom. The normalized spacial score (nSPS) is 16.0. The van der Waals surface area contributed by atoms with Gasteiger partial charge in [-0.1, -0.05) is 172 Å². The molecule has 1 unspecified atom stereocenters. The molecule has 9 aromatic rings. The monoisotopic (exact) mass is 681 g/mol. The zero-order valence-electron chi connectivity index (χ0n) is 29.5. The minimum atomic E-state index is -0.533.